The van der Waals surface area contributed by atoms with Gasteiger partial charge in [0, 0.05) is 6.42 Å². The molecule has 2 rings (SSSR count). The smallest absolute Gasteiger partial charge is 0.243 e. The molecule has 1 unspecified atom stereocenters. The van der Waals surface area contributed by atoms with Gasteiger partial charge < -0.3 is 10.1 Å². The number of carbonyl (C=O) groups excluding carboxylic acids is 2. The Balaban J connectivity index is 2.04. The SMILES string of the molecule is C=CC(=O)NCC1CC(=O)c2ccccc2O1. The highest BCUT2D eigenvalue weighted by atomic mass is 16.5. The molecule has 0 aromatic heterocycles. The molecule has 1 N–H and O–H groups in total. The minimum absolute atomic E-state index is 0.0460. The highest BCUT2D eigenvalue weighted by Gasteiger charge is 2.25. The highest BCUT2D eigenvalue weighted by Crippen LogP contribution is 2.26. The quantitative estimate of drug-likeness (QED) is 0.798. The van der Waals surface area contributed by atoms with Crippen LogP contribution in [-0.2, 0) is 4.79 Å². The Morgan fingerprint density at radius 1 is 1.53 bits per heavy atom. The third-order valence-electron chi connectivity index (χ3n) is 2.58. The first-order valence-electron chi connectivity index (χ1n) is 5.40. The second-order valence-electron chi connectivity index (χ2n) is 3.81. The molecule has 0 spiro atoms. The number of para-hydroxylation sites is 1. The van der Waals surface area contributed by atoms with E-state index in [2.05, 4.69) is 11.9 Å². The van der Waals surface area contributed by atoms with Gasteiger partial charge in [0.15, 0.2) is 5.78 Å². The summed E-state index contributed by atoms with van der Waals surface area (Å²) in [6.45, 7) is 3.67. The standard InChI is InChI=1S/C13H13NO3/c1-2-13(16)14-8-9-7-11(15)10-5-3-4-6-12(10)17-9/h2-6,9H,1,7-8H2,(H,14,16). The van der Waals surface area contributed by atoms with Crippen molar-refractivity contribution >= 4 is 11.7 Å². The number of Topliss-reactive ketones (excluding diaryl/α,β-unsaturated/α-hetero) is 1. The number of amides is 1. The van der Waals surface area contributed by atoms with E-state index in [0.717, 1.165) is 0 Å². The Morgan fingerprint density at radius 2 is 2.29 bits per heavy atom. The van der Waals surface area contributed by atoms with Crippen molar-refractivity contribution in [1.29, 1.82) is 0 Å². The first-order valence-corrected chi connectivity index (χ1v) is 5.40. The van der Waals surface area contributed by atoms with Crippen molar-refractivity contribution in [3.63, 3.8) is 0 Å². The third kappa shape index (κ3) is 2.53. The van der Waals surface area contributed by atoms with Gasteiger partial charge in [0.05, 0.1) is 12.1 Å². The number of ether oxygens (including phenoxy) is 1. The van der Waals surface area contributed by atoms with Crippen molar-refractivity contribution < 1.29 is 14.3 Å². The fourth-order valence-corrected chi connectivity index (χ4v) is 1.74. The molecule has 0 aliphatic carbocycles. The van der Waals surface area contributed by atoms with E-state index in [1.807, 2.05) is 6.07 Å². The number of ketones is 1. The van der Waals surface area contributed by atoms with Crippen LogP contribution >= 0.6 is 0 Å². The number of fused-ring (bicyclic) bond motifs is 1. The Labute approximate surface area is 99.3 Å². The van der Waals surface area contributed by atoms with E-state index in [0.29, 0.717) is 17.9 Å². The van der Waals surface area contributed by atoms with Gasteiger partial charge in [-0.1, -0.05) is 18.7 Å². The van der Waals surface area contributed by atoms with Crippen LogP contribution in [-0.4, -0.2) is 24.3 Å². The van der Waals surface area contributed by atoms with Crippen LogP contribution in [0.15, 0.2) is 36.9 Å². The van der Waals surface area contributed by atoms with Crippen molar-refractivity contribution in [2.24, 2.45) is 0 Å². The molecule has 1 aromatic rings. The van der Waals surface area contributed by atoms with Crippen molar-refractivity contribution in [2.75, 3.05) is 6.54 Å². The van der Waals surface area contributed by atoms with E-state index in [9.17, 15) is 9.59 Å². The number of rotatable bonds is 3. The van der Waals surface area contributed by atoms with Gasteiger partial charge in [0.2, 0.25) is 5.91 Å². The van der Waals surface area contributed by atoms with Crippen molar-refractivity contribution in [3.8, 4) is 5.75 Å². The second kappa shape index (κ2) is 4.82. The Kier molecular flexibility index (Phi) is 3.23. The highest BCUT2D eigenvalue weighted by molar-refractivity contribution is 5.99. The van der Waals surface area contributed by atoms with Crippen LogP contribution in [0.3, 0.4) is 0 Å². The van der Waals surface area contributed by atoms with Gasteiger partial charge in [0.1, 0.15) is 11.9 Å². The monoisotopic (exact) mass is 231 g/mol. The van der Waals surface area contributed by atoms with E-state index < -0.39 is 0 Å². The molecule has 0 bridgehead atoms. The maximum absolute atomic E-state index is 11.8. The van der Waals surface area contributed by atoms with Gasteiger partial charge in [-0.05, 0) is 18.2 Å². The first-order chi connectivity index (χ1) is 8.20. The van der Waals surface area contributed by atoms with Gasteiger partial charge in [-0.15, -0.1) is 0 Å². The number of hydrogen-bond donors (Lipinski definition) is 1. The lowest BCUT2D eigenvalue weighted by molar-refractivity contribution is -0.116. The van der Waals surface area contributed by atoms with Crippen LogP contribution in [0.5, 0.6) is 5.75 Å². The lowest BCUT2D eigenvalue weighted by atomic mass is 10.0. The van der Waals surface area contributed by atoms with Crippen LogP contribution < -0.4 is 10.1 Å². The van der Waals surface area contributed by atoms with Gasteiger partial charge in [-0.3, -0.25) is 9.59 Å². The molecule has 0 saturated heterocycles. The van der Waals surface area contributed by atoms with Crippen LogP contribution in [0.4, 0.5) is 0 Å². The number of nitrogens with one attached hydrogen (secondary N) is 1. The summed E-state index contributed by atoms with van der Waals surface area (Å²) in [5.74, 6) is 0.367. The van der Waals surface area contributed by atoms with Crippen LogP contribution in [0.25, 0.3) is 0 Å². The predicted octanol–water partition coefficient (Wildman–Crippen LogP) is 1.32. The lowest BCUT2D eigenvalue weighted by Crippen LogP contribution is -2.38. The van der Waals surface area contributed by atoms with E-state index in [1.54, 1.807) is 18.2 Å². The summed E-state index contributed by atoms with van der Waals surface area (Å²) in [5.41, 5.74) is 0.610. The van der Waals surface area contributed by atoms with Gasteiger partial charge >= 0.3 is 0 Å². The molecule has 1 heterocycles. The minimum Gasteiger partial charge on any atom is -0.487 e. The van der Waals surface area contributed by atoms with E-state index in [1.165, 1.54) is 6.08 Å². The summed E-state index contributed by atoms with van der Waals surface area (Å²) >= 11 is 0. The minimum atomic E-state index is -0.304. The molecule has 0 radical (unpaired) electrons. The predicted molar refractivity (Wildman–Crippen MR) is 63.0 cm³/mol. The topological polar surface area (TPSA) is 55.4 Å². The summed E-state index contributed by atoms with van der Waals surface area (Å²) in [5, 5.41) is 2.62. The zero-order chi connectivity index (χ0) is 12.3. The fraction of sp³-hybridized carbons (Fsp3) is 0.231. The molecule has 4 nitrogen and oxygen atoms in total. The maximum Gasteiger partial charge on any atom is 0.243 e. The molecule has 17 heavy (non-hydrogen) atoms. The number of carbonyl (C=O) groups is 2. The number of benzene rings is 1. The van der Waals surface area contributed by atoms with Crippen LogP contribution in [0.2, 0.25) is 0 Å². The number of hydrogen-bond acceptors (Lipinski definition) is 3. The molecule has 0 fully saturated rings. The Hall–Kier alpha value is -2.10. The summed E-state index contributed by atoms with van der Waals surface area (Å²) in [6.07, 6.45) is 1.17. The van der Waals surface area contributed by atoms with Gasteiger partial charge in [-0.25, -0.2) is 0 Å². The molecular weight excluding hydrogens is 218 g/mol. The molecule has 88 valence electrons. The van der Waals surface area contributed by atoms with Gasteiger partial charge in [0.25, 0.3) is 0 Å². The third-order valence-corrected chi connectivity index (χ3v) is 2.58. The van der Waals surface area contributed by atoms with E-state index in [-0.39, 0.29) is 24.2 Å². The molecule has 1 aromatic carbocycles. The summed E-state index contributed by atoms with van der Waals surface area (Å²) in [6, 6.07) is 7.13. The first kappa shape index (κ1) is 11.4. The maximum atomic E-state index is 11.8. The normalized spacial score (nSPS) is 17.9. The average Bonchev–Trinajstić information content (AvgIpc) is 2.36. The largest absolute Gasteiger partial charge is 0.487 e. The van der Waals surface area contributed by atoms with Crippen molar-refractivity contribution in [1.82, 2.24) is 5.32 Å². The van der Waals surface area contributed by atoms with Gasteiger partial charge in [-0.2, -0.15) is 0 Å². The molecule has 1 atom stereocenters. The van der Waals surface area contributed by atoms with Crippen molar-refractivity contribution in [3.05, 3.63) is 42.5 Å². The summed E-state index contributed by atoms with van der Waals surface area (Å²) in [4.78, 5) is 22.8. The van der Waals surface area contributed by atoms with Crippen LogP contribution in [0.1, 0.15) is 16.8 Å². The zero-order valence-electron chi connectivity index (χ0n) is 9.31. The molecular formula is C13H13NO3. The second-order valence-corrected chi connectivity index (χ2v) is 3.81. The summed E-state index contributed by atoms with van der Waals surface area (Å²) < 4.78 is 5.63. The van der Waals surface area contributed by atoms with E-state index >= 15 is 0 Å². The van der Waals surface area contributed by atoms with Crippen LogP contribution in [0, 0.1) is 0 Å². The average molecular weight is 231 g/mol. The molecule has 1 aliphatic rings. The van der Waals surface area contributed by atoms with E-state index in [4.69, 9.17) is 4.74 Å². The zero-order valence-corrected chi connectivity index (χ0v) is 9.31. The Morgan fingerprint density at radius 3 is 3.06 bits per heavy atom. The van der Waals surface area contributed by atoms with Crippen molar-refractivity contribution in [2.45, 2.75) is 12.5 Å². The Bertz CT molecular complexity index is 467. The lowest BCUT2D eigenvalue weighted by Gasteiger charge is -2.25. The summed E-state index contributed by atoms with van der Waals surface area (Å²) in [7, 11) is 0. The fourth-order valence-electron chi connectivity index (χ4n) is 1.74. The molecule has 0 saturated carbocycles. The molecule has 1 aliphatic heterocycles. The molecule has 1 amide bonds. The molecule has 4 heteroatoms.